The first kappa shape index (κ1) is 27.7. The molecular weight excluding hydrogens is 466 g/mol. The number of nitrogens with one attached hydrogen (secondary N) is 1. The molecule has 0 aromatic heterocycles. The van der Waals surface area contributed by atoms with Crippen LogP contribution in [0.4, 0.5) is 4.79 Å². The Morgan fingerprint density at radius 2 is 1.70 bits per heavy atom. The predicted molar refractivity (Wildman–Crippen MR) is 144 cm³/mol. The minimum atomic E-state index is -0.448. The molecule has 0 spiro atoms. The third-order valence-corrected chi connectivity index (χ3v) is 12.7. The van der Waals surface area contributed by atoms with Crippen LogP contribution in [0.1, 0.15) is 105 Å². The molecule has 37 heavy (non-hydrogen) atoms. The standard InChI is InChI=1S/C31H53NO5/c1-5-20-24-17-19(33)11-14-31(24,4)23-12-15-30(3)21(9-10-22(30)27(23)28(20)35)18(2)13-16-37-29(36)32-25-7-6-8-26(25)34/h18-28,33-35H,5-17H2,1-4H3,(H,32,36)/t18-,19-,20-,21-,22+,23+,24+,25-,26-,27+,28-,30-,31-/m1/s1. The van der Waals surface area contributed by atoms with Crippen LogP contribution in [-0.2, 0) is 4.74 Å². The van der Waals surface area contributed by atoms with Gasteiger partial charge in [-0.25, -0.2) is 4.79 Å². The molecule has 0 aliphatic heterocycles. The molecule has 6 heteroatoms. The summed E-state index contributed by atoms with van der Waals surface area (Å²) in [6, 6.07) is -0.169. The molecule has 13 atom stereocenters. The van der Waals surface area contributed by atoms with Gasteiger partial charge in [-0.2, -0.15) is 0 Å². The molecule has 4 N–H and O–H groups in total. The van der Waals surface area contributed by atoms with Gasteiger partial charge in [-0.15, -0.1) is 0 Å². The number of aliphatic hydroxyl groups is 3. The summed E-state index contributed by atoms with van der Waals surface area (Å²) in [5, 5.41) is 35.2. The van der Waals surface area contributed by atoms with E-state index in [1.54, 1.807) is 0 Å². The van der Waals surface area contributed by atoms with Crippen molar-refractivity contribution in [2.24, 2.45) is 52.3 Å². The third-order valence-electron chi connectivity index (χ3n) is 12.7. The summed E-state index contributed by atoms with van der Waals surface area (Å²) >= 11 is 0. The van der Waals surface area contributed by atoms with Crippen LogP contribution in [0.15, 0.2) is 0 Å². The van der Waals surface area contributed by atoms with Crippen LogP contribution in [0.5, 0.6) is 0 Å². The summed E-state index contributed by atoms with van der Waals surface area (Å²) in [5.41, 5.74) is 0.469. The van der Waals surface area contributed by atoms with Gasteiger partial charge in [0.2, 0.25) is 0 Å². The molecule has 5 fully saturated rings. The summed E-state index contributed by atoms with van der Waals surface area (Å²) in [5.74, 6) is 3.28. The van der Waals surface area contributed by atoms with Crippen LogP contribution < -0.4 is 5.32 Å². The maximum Gasteiger partial charge on any atom is 0.407 e. The number of amides is 1. The summed E-state index contributed by atoms with van der Waals surface area (Å²) in [4.78, 5) is 12.3. The van der Waals surface area contributed by atoms with E-state index in [4.69, 9.17) is 4.74 Å². The largest absolute Gasteiger partial charge is 0.450 e. The van der Waals surface area contributed by atoms with Crippen LogP contribution in [-0.4, -0.2) is 52.4 Å². The minimum Gasteiger partial charge on any atom is -0.450 e. The SMILES string of the molecule is CC[C@H]1[C@@H](O)[C@@H]2[C@H](CC[C@]3(C)[C@@H]([C@H](C)CCOC(=O)N[C@@H]4CCC[C@H]4O)CC[C@@H]23)[C@@]2(C)CC[C@@H](O)C[C@@H]12. The summed E-state index contributed by atoms with van der Waals surface area (Å²) in [7, 11) is 0. The molecular formula is C31H53NO5. The van der Waals surface area contributed by atoms with E-state index in [0.29, 0.717) is 48.0 Å². The van der Waals surface area contributed by atoms with Crippen molar-refractivity contribution in [1.29, 1.82) is 0 Å². The second-order valence-electron chi connectivity index (χ2n) is 14.3. The highest BCUT2D eigenvalue weighted by Crippen LogP contribution is 2.69. The summed E-state index contributed by atoms with van der Waals surface area (Å²) in [6.45, 7) is 9.99. The molecule has 212 valence electrons. The lowest BCUT2D eigenvalue weighted by molar-refractivity contribution is -0.203. The van der Waals surface area contributed by atoms with Crippen molar-refractivity contribution in [2.45, 2.75) is 129 Å². The number of hydrogen-bond acceptors (Lipinski definition) is 5. The number of carbonyl (C=O) groups is 1. The zero-order chi connectivity index (χ0) is 26.5. The maximum atomic E-state index is 12.3. The molecule has 5 saturated carbocycles. The van der Waals surface area contributed by atoms with E-state index < -0.39 is 12.2 Å². The quantitative estimate of drug-likeness (QED) is 0.383. The van der Waals surface area contributed by atoms with Gasteiger partial charge in [-0.05, 0) is 123 Å². The van der Waals surface area contributed by atoms with E-state index in [1.807, 2.05) is 0 Å². The highest BCUT2D eigenvalue weighted by Gasteiger charge is 2.64. The normalized spacial score (nSPS) is 50.0. The molecule has 5 rings (SSSR count). The Morgan fingerprint density at radius 1 is 0.973 bits per heavy atom. The van der Waals surface area contributed by atoms with E-state index in [-0.39, 0.29) is 29.1 Å². The first-order valence-corrected chi connectivity index (χ1v) is 15.6. The molecule has 5 aliphatic rings. The topological polar surface area (TPSA) is 99.0 Å². The zero-order valence-electron chi connectivity index (χ0n) is 23.7. The van der Waals surface area contributed by atoms with Gasteiger partial charge in [0.1, 0.15) is 0 Å². The van der Waals surface area contributed by atoms with Gasteiger partial charge < -0.3 is 25.4 Å². The number of fused-ring (bicyclic) bond motifs is 5. The lowest BCUT2D eigenvalue weighted by atomic mass is 9.41. The van der Waals surface area contributed by atoms with Gasteiger partial charge in [0.25, 0.3) is 0 Å². The lowest BCUT2D eigenvalue weighted by Gasteiger charge is -2.64. The van der Waals surface area contributed by atoms with Gasteiger partial charge in [-0.3, -0.25) is 0 Å². The van der Waals surface area contributed by atoms with E-state index in [0.717, 1.165) is 51.4 Å². The van der Waals surface area contributed by atoms with Gasteiger partial charge >= 0.3 is 6.09 Å². The van der Waals surface area contributed by atoms with Gasteiger partial charge in [0.15, 0.2) is 0 Å². The lowest BCUT2D eigenvalue weighted by Crippen LogP contribution is -2.62. The monoisotopic (exact) mass is 519 g/mol. The van der Waals surface area contributed by atoms with Crippen molar-refractivity contribution >= 4 is 6.09 Å². The highest BCUT2D eigenvalue weighted by molar-refractivity contribution is 5.67. The third kappa shape index (κ3) is 4.75. The Hall–Kier alpha value is -0.850. The van der Waals surface area contributed by atoms with Crippen LogP contribution in [0.2, 0.25) is 0 Å². The predicted octanol–water partition coefficient (Wildman–Crippen LogP) is 5.28. The fourth-order valence-corrected chi connectivity index (χ4v) is 10.8. The van der Waals surface area contributed by atoms with Crippen molar-refractivity contribution in [3.63, 3.8) is 0 Å². The molecule has 0 aromatic carbocycles. The van der Waals surface area contributed by atoms with E-state index in [2.05, 4.69) is 33.0 Å². The molecule has 5 aliphatic carbocycles. The second-order valence-corrected chi connectivity index (χ2v) is 14.3. The average Bonchev–Trinajstić information content (AvgIpc) is 3.42. The number of rotatable bonds is 6. The Morgan fingerprint density at radius 3 is 2.41 bits per heavy atom. The van der Waals surface area contributed by atoms with Gasteiger partial charge in [-0.1, -0.05) is 34.1 Å². The van der Waals surface area contributed by atoms with Crippen LogP contribution in [0.25, 0.3) is 0 Å². The highest BCUT2D eigenvalue weighted by atomic mass is 16.5. The molecule has 1 amide bonds. The van der Waals surface area contributed by atoms with Crippen molar-refractivity contribution in [3.05, 3.63) is 0 Å². The number of aliphatic hydroxyl groups excluding tert-OH is 3. The number of carbonyl (C=O) groups excluding carboxylic acids is 1. The maximum absolute atomic E-state index is 12.3. The summed E-state index contributed by atoms with van der Waals surface area (Å²) < 4.78 is 5.54. The van der Waals surface area contributed by atoms with Crippen LogP contribution in [0.3, 0.4) is 0 Å². The first-order chi connectivity index (χ1) is 17.6. The average molecular weight is 520 g/mol. The molecule has 0 aromatic rings. The zero-order valence-corrected chi connectivity index (χ0v) is 23.7. The van der Waals surface area contributed by atoms with Crippen molar-refractivity contribution in [3.8, 4) is 0 Å². The molecule has 0 heterocycles. The Bertz CT molecular complexity index is 821. The van der Waals surface area contributed by atoms with E-state index in [1.165, 1.54) is 25.7 Å². The van der Waals surface area contributed by atoms with Crippen molar-refractivity contribution < 1.29 is 24.9 Å². The number of hydrogen-bond donors (Lipinski definition) is 4. The van der Waals surface area contributed by atoms with E-state index >= 15 is 0 Å². The molecule has 0 saturated heterocycles. The molecule has 0 unspecified atom stereocenters. The number of alkyl carbamates (subject to hydrolysis) is 1. The number of ether oxygens (including phenoxy) is 1. The first-order valence-electron chi connectivity index (χ1n) is 15.6. The van der Waals surface area contributed by atoms with Crippen molar-refractivity contribution in [2.75, 3.05) is 6.61 Å². The molecule has 0 bridgehead atoms. The Labute approximate surface area is 224 Å². The van der Waals surface area contributed by atoms with Crippen LogP contribution >= 0.6 is 0 Å². The fourth-order valence-electron chi connectivity index (χ4n) is 10.8. The van der Waals surface area contributed by atoms with Gasteiger partial charge in [0.05, 0.1) is 31.0 Å². The smallest absolute Gasteiger partial charge is 0.407 e. The Balaban J connectivity index is 1.23. The fraction of sp³-hybridized carbons (Fsp3) is 0.968. The Kier molecular flexibility index (Phi) is 7.95. The molecule has 6 nitrogen and oxygen atoms in total. The second kappa shape index (κ2) is 10.6. The summed E-state index contributed by atoms with van der Waals surface area (Å²) in [6.07, 6.45) is 10.8. The minimum absolute atomic E-state index is 0.169. The van der Waals surface area contributed by atoms with E-state index in [9.17, 15) is 20.1 Å². The van der Waals surface area contributed by atoms with Crippen LogP contribution in [0, 0.1) is 52.3 Å². The molecule has 0 radical (unpaired) electrons. The van der Waals surface area contributed by atoms with Gasteiger partial charge in [0, 0.05) is 0 Å². The van der Waals surface area contributed by atoms with Crippen molar-refractivity contribution in [1.82, 2.24) is 5.32 Å².